The largest absolute Gasteiger partial charge is 0.327 e. The van der Waals surface area contributed by atoms with Crippen LogP contribution in [0.25, 0.3) is 0 Å². The van der Waals surface area contributed by atoms with Crippen LogP contribution in [0.15, 0.2) is 30.3 Å². The summed E-state index contributed by atoms with van der Waals surface area (Å²) in [4.78, 5) is 10.4. The maximum Gasteiger partial charge on any atom is 0.141 e. The van der Waals surface area contributed by atoms with Crippen LogP contribution >= 0.6 is 0 Å². The lowest BCUT2D eigenvalue weighted by Crippen LogP contribution is -2.41. The minimum Gasteiger partial charge on any atom is -0.327 e. The van der Waals surface area contributed by atoms with Gasteiger partial charge in [0.2, 0.25) is 0 Å². The summed E-state index contributed by atoms with van der Waals surface area (Å²) in [6.07, 6.45) is 1.92. The van der Waals surface area contributed by atoms with Gasteiger partial charge in [-0.1, -0.05) is 30.3 Å². The molecule has 1 atom stereocenters. The molecule has 1 aromatic carbocycles. The third kappa shape index (κ3) is 1.66. The lowest BCUT2D eigenvalue weighted by molar-refractivity contribution is -0.386. The summed E-state index contributed by atoms with van der Waals surface area (Å²) in [6.45, 7) is 1.12. The molecule has 1 fully saturated rings. The Morgan fingerprint density at radius 2 is 2.07 bits per heavy atom. The van der Waals surface area contributed by atoms with E-state index in [1.54, 1.807) is 0 Å². The molecule has 14 heavy (non-hydrogen) atoms. The lowest BCUT2D eigenvalue weighted by atomic mass is 9.89. The van der Waals surface area contributed by atoms with E-state index in [0.717, 1.165) is 18.4 Å². The fourth-order valence-electron chi connectivity index (χ4n) is 1.80. The van der Waals surface area contributed by atoms with E-state index in [4.69, 9.17) is 15.5 Å². The highest BCUT2D eigenvalue weighted by molar-refractivity contribution is 5.23. The van der Waals surface area contributed by atoms with E-state index in [9.17, 15) is 0 Å². The number of rotatable bonds is 2. The first-order valence-corrected chi connectivity index (χ1v) is 4.94. The van der Waals surface area contributed by atoms with Crippen molar-refractivity contribution in [3.63, 3.8) is 0 Å². The van der Waals surface area contributed by atoms with E-state index in [1.165, 1.54) is 0 Å². The fraction of sp³-hybridized carbons (Fsp3) is 0.455. The van der Waals surface area contributed by atoms with Crippen molar-refractivity contribution in [3.05, 3.63) is 35.9 Å². The van der Waals surface area contributed by atoms with Gasteiger partial charge in [-0.05, 0) is 18.4 Å². The Kier molecular flexibility index (Phi) is 2.82. The maximum atomic E-state index is 5.77. The molecule has 1 saturated heterocycles. The Morgan fingerprint density at radius 1 is 1.29 bits per heavy atom. The van der Waals surface area contributed by atoms with Crippen LogP contribution in [-0.4, -0.2) is 13.2 Å². The molecular weight excluding hydrogens is 178 g/mol. The number of hydrogen-bond acceptors (Lipinski definition) is 3. The normalized spacial score (nSPS) is 27.5. The smallest absolute Gasteiger partial charge is 0.141 e. The highest BCUT2D eigenvalue weighted by Gasteiger charge is 2.35. The average Bonchev–Trinajstić information content (AvgIpc) is 2.31. The Bertz CT molecular complexity index is 281. The molecule has 0 amide bonds. The van der Waals surface area contributed by atoms with Gasteiger partial charge in [0, 0.05) is 6.54 Å². The Labute approximate surface area is 83.7 Å². The molecule has 76 valence electrons. The summed E-state index contributed by atoms with van der Waals surface area (Å²) in [6, 6.07) is 10.0. The second-order valence-corrected chi connectivity index (χ2v) is 3.57. The van der Waals surface area contributed by atoms with Gasteiger partial charge in [0.1, 0.15) is 5.60 Å². The van der Waals surface area contributed by atoms with E-state index >= 15 is 0 Å². The molecule has 1 heterocycles. The van der Waals surface area contributed by atoms with Crippen LogP contribution in [-0.2, 0) is 15.4 Å². The first-order valence-electron chi connectivity index (χ1n) is 4.94. The van der Waals surface area contributed by atoms with Gasteiger partial charge in [-0.25, -0.2) is 9.78 Å². The molecule has 1 aliphatic heterocycles. The monoisotopic (exact) mass is 193 g/mol. The molecule has 3 nitrogen and oxygen atoms in total. The van der Waals surface area contributed by atoms with Crippen LogP contribution in [0.2, 0.25) is 0 Å². The summed E-state index contributed by atoms with van der Waals surface area (Å²) in [7, 11) is 0. The lowest BCUT2D eigenvalue weighted by Gasteiger charge is -2.34. The quantitative estimate of drug-likeness (QED) is 0.725. The average molecular weight is 193 g/mol. The van der Waals surface area contributed by atoms with Crippen LogP contribution < -0.4 is 5.73 Å². The van der Waals surface area contributed by atoms with Gasteiger partial charge < -0.3 is 5.73 Å². The predicted molar refractivity (Wildman–Crippen MR) is 53.4 cm³/mol. The maximum absolute atomic E-state index is 5.77. The molecular formula is C11H15NO2. The molecule has 2 N–H and O–H groups in total. The number of hydrogen-bond donors (Lipinski definition) is 1. The highest BCUT2D eigenvalue weighted by atomic mass is 17.2. The second kappa shape index (κ2) is 4.09. The summed E-state index contributed by atoms with van der Waals surface area (Å²) < 4.78 is 0. The van der Waals surface area contributed by atoms with Crippen molar-refractivity contribution in [1.29, 1.82) is 0 Å². The van der Waals surface area contributed by atoms with Crippen LogP contribution in [0.1, 0.15) is 18.4 Å². The van der Waals surface area contributed by atoms with Crippen molar-refractivity contribution < 1.29 is 9.78 Å². The van der Waals surface area contributed by atoms with E-state index in [-0.39, 0.29) is 0 Å². The van der Waals surface area contributed by atoms with Crippen LogP contribution in [0.5, 0.6) is 0 Å². The van der Waals surface area contributed by atoms with E-state index in [1.807, 2.05) is 30.3 Å². The third-order valence-corrected chi connectivity index (χ3v) is 2.66. The first kappa shape index (κ1) is 9.65. The molecule has 1 aromatic rings. The third-order valence-electron chi connectivity index (χ3n) is 2.66. The number of nitrogens with two attached hydrogens (primary N) is 1. The van der Waals surface area contributed by atoms with Crippen LogP contribution in [0.4, 0.5) is 0 Å². The summed E-state index contributed by atoms with van der Waals surface area (Å²) >= 11 is 0. The fourth-order valence-corrected chi connectivity index (χ4v) is 1.80. The molecule has 0 spiro atoms. The minimum absolute atomic E-state index is 0.431. The minimum atomic E-state index is -0.431. The van der Waals surface area contributed by atoms with E-state index in [0.29, 0.717) is 13.2 Å². The molecule has 0 saturated carbocycles. The molecule has 1 aliphatic rings. The zero-order valence-corrected chi connectivity index (χ0v) is 8.11. The van der Waals surface area contributed by atoms with Gasteiger partial charge in [0.05, 0.1) is 6.61 Å². The van der Waals surface area contributed by atoms with Gasteiger partial charge in [0.15, 0.2) is 0 Å². The Morgan fingerprint density at radius 3 is 2.64 bits per heavy atom. The van der Waals surface area contributed by atoms with Gasteiger partial charge in [0.25, 0.3) is 0 Å². The second-order valence-electron chi connectivity index (χ2n) is 3.57. The van der Waals surface area contributed by atoms with E-state index in [2.05, 4.69) is 0 Å². The molecule has 0 aliphatic carbocycles. The van der Waals surface area contributed by atoms with Crippen molar-refractivity contribution in [2.45, 2.75) is 18.4 Å². The first-order chi connectivity index (χ1) is 6.87. The van der Waals surface area contributed by atoms with Gasteiger partial charge in [-0.2, -0.15) is 0 Å². The van der Waals surface area contributed by atoms with Gasteiger partial charge >= 0.3 is 0 Å². The highest BCUT2D eigenvalue weighted by Crippen LogP contribution is 2.32. The van der Waals surface area contributed by atoms with Crippen LogP contribution in [0.3, 0.4) is 0 Å². The predicted octanol–water partition coefficient (Wildman–Crippen LogP) is 1.58. The molecule has 2 rings (SSSR count). The van der Waals surface area contributed by atoms with E-state index < -0.39 is 5.60 Å². The molecule has 0 aromatic heterocycles. The summed E-state index contributed by atoms with van der Waals surface area (Å²) in [5.41, 5.74) is 6.43. The van der Waals surface area contributed by atoms with Crippen molar-refractivity contribution in [3.8, 4) is 0 Å². The van der Waals surface area contributed by atoms with Gasteiger partial charge in [-0.15, -0.1) is 0 Å². The Balaban J connectivity index is 2.27. The standard InChI is InChI=1S/C11H15NO2/c12-9-11(7-4-8-13-14-11)10-5-2-1-3-6-10/h1-3,5-6H,4,7-9,12H2. The van der Waals surface area contributed by atoms with Crippen LogP contribution in [0, 0.1) is 0 Å². The molecule has 0 bridgehead atoms. The SMILES string of the molecule is NCC1(c2ccccc2)CCCOO1. The Hall–Kier alpha value is -0.900. The summed E-state index contributed by atoms with van der Waals surface area (Å²) in [5, 5.41) is 0. The molecule has 0 radical (unpaired) electrons. The topological polar surface area (TPSA) is 44.5 Å². The van der Waals surface area contributed by atoms with Crippen molar-refractivity contribution in [2.24, 2.45) is 5.73 Å². The van der Waals surface area contributed by atoms with Crippen molar-refractivity contribution in [2.75, 3.05) is 13.2 Å². The zero-order valence-electron chi connectivity index (χ0n) is 8.11. The zero-order chi connectivity index (χ0) is 9.86. The van der Waals surface area contributed by atoms with Crippen molar-refractivity contribution in [1.82, 2.24) is 0 Å². The van der Waals surface area contributed by atoms with Gasteiger partial charge in [-0.3, -0.25) is 0 Å². The summed E-state index contributed by atoms with van der Waals surface area (Å²) in [5.74, 6) is 0. The molecule has 1 unspecified atom stereocenters. The van der Waals surface area contributed by atoms with Crippen molar-refractivity contribution >= 4 is 0 Å². The number of benzene rings is 1. The molecule has 3 heteroatoms.